The minimum atomic E-state index is -3.97. The molecule has 0 aliphatic heterocycles. The molecule has 6 saturated carbocycles. The van der Waals surface area contributed by atoms with Crippen molar-refractivity contribution in [2.75, 3.05) is 0 Å². The summed E-state index contributed by atoms with van der Waals surface area (Å²) < 4.78 is 38.2. The molecule has 4 nitrogen and oxygen atoms in total. The van der Waals surface area contributed by atoms with E-state index in [1.54, 1.807) is 0 Å². The topological polar surface area (TPSA) is 52.6 Å². The molecular weight excluding hydrogens is 456 g/mol. The van der Waals surface area contributed by atoms with Crippen LogP contribution in [0, 0.1) is 59.2 Å². The molecule has 0 spiro atoms. The van der Waals surface area contributed by atoms with Crippen LogP contribution in [-0.2, 0) is 18.8 Å². The first-order chi connectivity index (χ1) is 16.9. The lowest BCUT2D eigenvalue weighted by Crippen LogP contribution is -2.48. The summed E-state index contributed by atoms with van der Waals surface area (Å²) in [5, 5.41) is 0. The lowest BCUT2D eigenvalue weighted by Gasteiger charge is -2.52. The highest BCUT2D eigenvalue weighted by Gasteiger charge is 2.49. The Hall–Kier alpha value is -0.130. The summed E-state index contributed by atoms with van der Waals surface area (Å²) in [7, 11) is -3.97. The minimum Gasteiger partial charge on any atom is -0.245 e. The normalized spacial score (nSPS) is 50.3. The molecule has 0 aromatic rings. The van der Waals surface area contributed by atoms with E-state index in [4.69, 9.17) is 8.37 Å². The maximum Gasteiger partial charge on any atom is 0.400 e. The Morgan fingerprint density at radius 3 is 1.31 bits per heavy atom. The molecule has 35 heavy (non-hydrogen) atoms. The summed E-state index contributed by atoms with van der Waals surface area (Å²) in [6, 6.07) is 0. The zero-order valence-corrected chi connectivity index (χ0v) is 23.1. The van der Waals surface area contributed by atoms with Crippen LogP contribution in [-0.4, -0.2) is 20.6 Å². The van der Waals surface area contributed by atoms with Crippen LogP contribution in [0.25, 0.3) is 0 Å². The van der Waals surface area contributed by atoms with Crippen LogP contribution in [0.2, 0.25) is 0 Å². The summed E-state index contributed by atoms with van der Waals surface area (Å²) in [6.07, 6.45) is 20.1. The first-order valence-corrected chi connectivity index (χ1v) is 16.9. The molecule has 0 saturated heterocycles. The van der Waals surface area contributed by atoms with E-state index in [-0.39, 0.29) is 12.2 Å². The summed E-state index contributed by atoms with van der Waals surface area (Å²) in [5.74, 6) is 7.09. The molecule has 0 aromatic heterocycles. The Morgan fingerprint density at radius 1 is 0.457 bits per heavy atom. The highest BCUT2D eigenvalue weighted by molar-refractivity contribution is 7.81. The number of fused-ring (bicyclic) bond motifs is 6. The van der Waals surface area contributed by atoms with Crippen LogP contribution < -0.4 is 0 Å². The van der Waals surface area contributed by atoms with Gasteiger partial charge in [0.1, 0.15) is 0 Å². The van der Waals surface area contributed by atoms with Gasteiger partial charge < -0.3 is 0 Å². The SMILES string of the molecule is CC1C(OS(=O)(=O)OC2CCC3C4CCCCC4CCC3C2C)CCC2C3CCCCC3CCC12. The Bertz CT molecular complexity index is 779. The highest BCUT2D eigenvalue weighted by atomic mass is 32.3. The molecule has 0 amide bonds. The molecule has 5 heteroatoms. The van der Waals surface area contributed by atoms with Gasteiger partial charge >= 0.3 is 10.4 Å². The Morgan fingerprint density at radius 2 is 0.857 bits per heavy atom. The van der Waals surface area contributed by atoms with Gasteiger partial charge in [-0.3, -0.25) is 0 Å². The van der Waals surface area contributed by atoms with E-state index in [1.807, 2.05) is 0 Å². The molecule has 12 atom stereocenters. The quantitative estimate of drug-likeness (QED) is 0.395. The van der Waals surface area contributed by atoms with Crippen LogP contribution in [0.1, 0.15) is 117 Å². The van der Waals surface area contributed by atoms with Crippen LogP contribution in [0.4, 0.5) is 0 Å². The maximum absolute atomic E-state index is 13.2. The Labute approximate surface area is 215 Å². The summed E-state index contributed by atoms with van der Waals surface area (Å²) in [4.78, 5) is 0. The number of rotatable bonds is 4. The van der Waals surface area contributed by atoms with Crippen molar-refractivity contribution >= 4 is 10.4 Å². The molecule has 12 unspecified atom stereocenters. The molecule has 6 aliphatic carbocycles. The largest absolute Gasteiger partial charge is 0.400 e. The van der Waals surface area contributed by atoms with Gasteiger partial charge in [-0.15, -0.1) is 0 Å². The van der Waals surface area contributed by atoms with E-state index < -0.39 is 10.4 Å². The van der Waals surface area contributed by atoms with Crippen molar-refractivity contribution in [3.63, 3.8) is 0 Å². The zero-order chi connectivity index (χ0) is 24.2. The number of hydrogen-bond donors (Lipinski definition) is 0. The van der Waals surface area contributed by atoms with Crippen molar-refractivity contribution in [2.24, 2.45) is 59.2 Å². The van der Waals surface area contributed by atoms with Crippen LogP contribution in [0.15, 0.2) is 0 Å². The van der Waals surface area contributed by atoms with E-state index in [9.17, 15) is 8.42 Å². The second kappa shape index (κ2) is 10.2. The second-order valence-electron chi connectivity index (χ2n) is 13.8. The second-order valence-corrected chi connectivity index (χ2v) is 15.0. The highest BCUT2D eigenvalue weighted by Crippen LogP contribution is 2.55. The Balaban J connectivity index is 1.07. The van der Waals surface area contributed by atoms with Crippen LogP contribution >= 0.6 is 0 Å². The summed E-state index contributed by atoms with van der Waals surface area (Å²) >= 11 is 0. The van der Waals surface area contributed by atoms with Gasteiger partial charge in [0.15, 0.2) is 0 Å². The van der Waals surface area contributed by atoms with Crippen molar-refractivity contribution in [3.05, 3.63) is 0 Å². The molecule has 0 bridgehead atoms. The van der Waals surface area contributed by atoms with E-state index in [0.717, 1.165) is 61.2 Å². The van der Waals surface area contributed by atoms with Gasteiger partial charge in [-0.2, -0.15) is 8.42 Å². The van der Waals surface area contributed by atoms with Crippen molar-refractivity contribution in [1.82, 2.24) is 0 Å². The van der Waals surface area contributed by atoms with Gasteiger partial charge in [0, 0.05) is 0 Å². The molecule has 6 fully saturated rings. The van der Waals surface area contributed by atoms with E-state index in [2.05, 4.69) is 13.8 Å². The number of hydrogen-bond acceptors (Lipinski definition) is 4. The predicted molar refractivity (Wildman–Crippen MR) is 139 cm³/mol. The third kappa shape index (κ3) is 4.89. The maximum atomic E-state index is 13.2. The molecule has 6 aliphatic rings. The van der Waals surface area contributed by atoms with Gasteiger partial charge in [0.2, 0.25) is 0 Å². The van der Waals surface area contributed by atoms with Crippen LogP contribution in [0.3, 0.4) is 0 Å². The van der Waals surface area contributed by atoms with E-state index >= 15 is 0 Å². The fourth-order valence-corrected chi connectivity index (χ4v) is 11.9. The Kier molecular flexibility index (Phi) is 7.34. The molecular formula is C30H50O4S. The van der Waals surface area contributed by atoms with Crippen molar-refractivity contribution < 1.29 is 16.8 Å². The molecule has 6 rings (SSSR count). The van der Waals surface area contributed by atoms with Crippen molar-refractivity contribution in [3.8, 4) is 0 Å². The molecule has 0 radical (unpaired) electrons. The molecule has 200 valence electrons. The average Bonchev–Trinajstić information content (AvgIpc) is 2.87. The lowest BCUT2D eigenvalue weighted by atomic mass is 9.55. The standard InChI is InChI=1S/C30H50O4S/c1-19-23-13-11-21-7-3-5-9-25(21)27(23)15-17-29(19)33-35(31,32)34-30-18-16-28-24(20(30)2)14-12-22-8-4-6-10-26(22)28/h19-30H,3-18H2,1-2H3. The van der Waals surface area contributed by atoms with Gasteiger partial charge in [0.25, 0.3) is 0 Å². The third-order valence-corrected chi connectivity index (χ3v) is 13.4. The molecule has 0 aromatic carbocycles. The fourth-order valence-electron chi connectivity index (χ4n) is 10.7. The van der Waals surface area contributed by atoms with Crippen LogP contribution in [0.5, 0.6) is 0 Å². The zero-order valence-electron chi connectivity index (χ0n) is 22.3. The first-order valence-electron chi connectivity index (χ1n) is 15.5. The van der Waals surface area contributed by atoms with Gasteiger partial charge in [-0.1, -0.05) is 52.4 Å². The summed E-state index contributed by atoms with van der Waals surface area (Å²) in [6.45, 7) is 4.52. The van der Waals surface area contributed by atoms with Crippen molar-refractivity contribution in [2.45, 2.75) is 129 Å². The van der Waals surface area contributed by atoms with Gasteiger partial charge in [0.05, 0.1) is 12.2 Å². The van der Waals surface area contributed by atoms with E-state index in [0.29, 0.717) is 23.7 Å². The molecule has 0 heterocycles. The smallest absolute Gasteiger partial charge is 0.245 e. The van der Waals surface area contributed by atoms with Crippen molar-refractivity contribution in [1.29, 1.82) is 0 Å². The van der Waals surface area contributed by atoms with Gasteiger partial charge in [-0.25, -0.2) is 8.37 Å². The minimum absolute atomic E-state index is 0.203. The predicted octanol–water partition coefficient (Wildman–Crippen LogP) is 7.53. The monoisotopic (exact) mass is 506 g/mol. The third-order valence-electron chi connectivity index (χ3n) is 12.5. The average molecular weight is 507 g/mol. The summed E-state index contributed by atoms with van der Waals surface area (Å²) in [5.41, 5.74) is 0. The van der Waals surface area contributed by atoms with E-state index in [1.165, 1.54) is 77.0 Å². The lowest BCUT2D eigenvalue weighted by molar-refractivity contribution is -0.0646. The molecule has 0 N–H and O–H groups in total. The van der Waals surface area contributed by atoms with Gasteiger partial charge in [-0.05, 0) is 123 Å². The first kappa shape index (κ1) is 25.2. The fraction of sp³-hybridized carbons (Fsp3) is 1.00.